The van der Waals surface area contributed by atoms with Crippen LogP contribution in [0.5, 0.6) is 0 Å². The van der Waals surface area contributed by atoms with Crippen LogP contribution in [0.3, 0.4) is 0 Å². The van der Waals surface area contributed by atoms with Crippen LogP contribution in [0.25, 0.3) is 10.9 Å². The van der Waals surface area contributed by atoms with E-state index in [0.717, 1.165) is 18.4 Å². The van der Waals surface area contributed by atoms with Crippen LogP contribution >= 0.6 is 11.6 Å². The van der Waals surface area contributed by atoms with Crippen molar-refractivity contribution < 1.29 is 14.6 Å². The van der Waals surface area contributed by atoms with Crippen LogP contribution in [0, 0.1) is 0 Å². The summed E-state index contributed by atoms with van der Waals surface area (Å²) in [5, 5.41) is 9.57. The Bertz CT molecular complexity index is 764. The molecule has 5 nitrogen and oxygen atoms in total. The molecule has 0 spiro atoms. The molecular formula is C15H14ClNO4. The number of aromatic nitrogens is 1. The smallest absolute Gasteiger partial charge is 0.343 e. The van der Waals surface area contributed by atoms with E-state index in [-0.39, 0.29) is 18.8 Å². The number of esters is 1. The number of nitrogens with zero attached hydrogens (tertiary/aromatic N) is 1. The van der Waals surface area contributed by atoms with E-state index in [9.17, 15) is 9.59 Å². The van der Waals surface area contributed by atoms with Gasteiger partial charge < -0.3 is 14.4 Å². The molecule has 21 heavy (non-hydrogen) atoms. The molecule has 0 unspecified atom stereocenters. The van der Waals surface area contributed by atoms with Gasteiger partial charge in [-0.15, -0.1) is 0 Å². The molecule has 0 atom stereocenters. The Labute approximate surface area is 125 Å². The number of hydrogen-bond donors (Lipinski definition) is 1. The third kappa shape index (κ3) is 2.66. The van der Waals surface area contributed by atoms with Crippen molar-refractivity contribution in [2.75, 3.05) is 13.2 Å². The molecule has 1 aliphatic rings. The third-order valence-corrected chi connectivity index (χ3v) is 3.71. The van der Waals surface area contributed by atoms with Gasteiger partial charge in [0, 0.05) is 22.6 Å². The average molecular weight is 308 g/mol. The van der Waals surface area contributed by atoms with Gasteiger partial charge in [-0.3, -0.25) is 4.79 Å². The molecule has 1 fully saturated rings. The number of fused-ring (bicyclic) bond motifs is 1. The fraction of sp³-hybridized carbons (Fsp3) is 0.333. The summed E-state index contributed by atoms with van der Waals surface area (Å²) in [6.07, 6.45) is 3.59. The van der Waals surface area contributed by atoms with E-state index in [1.54, 1.807) is 24.4 Å². The molecule has 2 aromatic rings. The van der Waals surface area contributed by atoms with Crippen molar-refractivity contribution >= 4 is 28.5 Å². The molecule has 110 valence electrons. The second-order valence-electron chi connectivity index (χ2n) is 5.03. The quantitative estimate of drug-likeness (QED) is 0.879. The van der Waals surface area contributed by atoms with Gasteiger partial charge in [0.1, 0.15) is 12.2 Å². The summed E-state index contributed by atoms with van der Waals surface area (Å²) >= 11 is 5.96. The van der Waals surface area contributed by atoms with E-state index >= 15 is 0 Å². The highest BCUT2D eigenvalue weighted by atomic mass is 35.5. The van der Waals surface area contributed by atoms with Gasteiger partial charge in [-0.25, -0.2) is 4.79 Å². The molecule has 0 saturated heterocycles. The summed E-state index contributed by atoms with van der Waals surface area (Å²) in [5.41, 5.74) is 0.350. The highest BCUT2D eigenvalue weighted by Crippen LogP contribution is 2.37. The van der Waals surface area contributed by atoms with Crippen LogP contribution < -0.4 is 5.43 Å². The average Bonchev–Trinajstić information content (AvgIpc) is 3.30. The zero-order valence-corrected chi connectivity index (χ0v) is 12.0. The first-order valence-electron chi connectivity index (χ1n) is 6.74. The zero-order valence-electron chi connectivity index (χ0n) is 11.2. The van der Waals surface area contributed by atoms with Crippen LogP contribution in [-0.4, -0.2) is 28.9 Å². The van der Waals surface area contributed by atoms with Crippen LogP contribution in [0.2, 0.25) is 5.02 Å². The number of hydrogen-bond acceptors (Lipinski definition) is 4. The van der Waals surface area contributed by atoms with Gasteiger partial charge in [0.2, 0.25) is 5.43 Å². The lowest BCUT2D eigenvalue weighted by Crippen LogP contribution is -2.21. The molecule has 1 heterocycles. The van der Waals surface area contributed by atoms with Crippen molar-refractivity contribution in [2.45, 2.75) is 18.9 Å². The Morgan fingerprint density at radius 1 is 1.43 bits per heavy atom. The van der Waals surface area contributed by atoms with Crippen LogP contribution in [0.4, 0.5) is 0 Å². The predicted octanol–water partition coefficient (Wildman–Crippen LogP) is 2.14. The number of aliphatic hydroxyl groups excluding tert-OH is 1. The van der Waals surface area contributed by atoms with Gasteiger partial charge in [0.15, 0.2) is 0 Å². The second kappa shape index (κ2) is 5.50. The topological polar surface area (TPSA) is 68.5 Å². The van der Waals surface area contributed by atoms with Crippen molar-refractivity contribution in [3.8, 4) is 0 Å². The van der Waals surface area contributed by atoms with Crippen molar-refractivity contribution in [3.63, 3.8) is 0 Å². The summed E-state index contributed by atoms with van der Waals surface area (Å²) in [6.45, 7) is -0.406. The number of carbonyl (C=O) groups is 1. The maximum atomic E-state index is 12.4. The monoisotopic (exact) mass is 307 g/mol. The first kappa shape index (κ1) is 14.1. The summed E-state index contributed by atoms with van der Waals surface area (Å²) in [6, 6.07) is 5.39. The molecule has 6 heteroatoms. The van der Waals surface area contributed by atoms with E-state index < -0.39 is 11.4 Å². The molecule has 1 aromatic heterocycles. The van der Waals surface area contributed by atoms with E-state index in [4.69, 9.17) is 21.4 Å². The zero-order chi connectivity index (χ0) is 15.0. The maximum absolute atomic E-state index is 12.4. The Kier molecular flexibility index (Phi) is 3.69. The molecule has 0 bridgehead atoms. The lowest BCUT2D eigenvalue weighted by atomic mass is 10.1. The maximum Gasteiger partial charge on any atom is 0.343 e. The largest absolute Gasteiger partial charge is 0.460 e. The Morgan fingerprint density at radius 2 is 2.19 bits per heavy atom. The molecule has 1 aliphatic carbocycles. The molecule has 1 N–H and O–H groups in total. The number of benzene rings is 1. The van der Waals surface area contributed by atoms with Crippen LogP contribution in [0.1, 0.15) is 29.2 Å². The predicted molar refractivity (Wildman–Crippen MR) is 78.9 cm³/mol. The number of ether oxygens (including phenoxy) is 1. The standard InChI is InChI=1S/C15H14ClNO4/c16-9-1-4-13-11(7-9)14(19)12(15(20)21-6-5-18)8-17(13)10-2-3-10/h1,4,7-8,10,18H,2-3,5-6H2. The summed E-state index contributed by atoms with van der Waals surface area (Å²) in [5.74, 6) is -0.717. The molecule has 3 rings (SSSR count). The Balaban J connectivity index is 2.18. The molecular weight excluding hydrogens is 294 g/mol. The van der Waals surface area contributed by atoms with E-state index in [2.05, 4.69) is 0 Å². The van der Waals surface area contributed by atoms with E-state index in [1.165, 1.54) is 0 Å². The van der Waals surface area contributed by atoms with Crippen molar-refractivity contribution in [3.05, 3.63) is 45.2 Å². The summed E-state index contributed by atoms with van der Waals surface area (Å²) < 4.78 is 6.79. The molecule has 1 saturated carbocycles. The van der Waals surface area contributed by atoms with Gasteiger partial charge in [-0.05, 0) is 31.0 Å². The number of rotatable bonds is 4. The Morgan fingerprint density at radius 3 is 2.86 bits per heavy atom. The molecule has 1 aromatic carbocycles. The molecule has 0 radical (unpaired) electrons. The lowest BCUT2D eigenvalue weighted by Gasteiger charge is -2.12. The highest BCUT2D eigenvalue weighted by Gasteiger charge is 2.27. The fourth-order valence-electron chi connectivity index (χ4n) is 2.34. The van der Waals surface area contributed by atoms with Gasteiger partial charge in [0.25, 0.3) is 0 Å². The minimum Gasteiger partial charge on any atom is -0.460 e. The van der Waals surface area contributed by atoms with Crippen molar-refractivity contribution in [1.82, 2.24) is 4.57 Å². The minimum absolute atomic E-state index is 0.0230. The van der Waals surface area contributed by atoms with Gasteiger partial charge in [0.05, 0.1) is 12.1 Å². The highest BCUT2D eigenvalue weighted by molar-refractivity contribution is 6.31. The number of pyridine rings is 1. The number of aliphatic hydroxyl groups is 1. The third-order valence-electron chi connectivity index (χ3n) is 3.48. The first-order chi connectivity index (χ1) is 10.1. The summed E-state index contributed by atoms with van der Waals surface area (Å²) in [4.78, 5) is 24.4. The first-order valence-corrected chi connectivity index (χ1v) is 7.12. The molecule has 0 aliphatic heterocycles. The van der Waals surface area contributed by atoms with Crippen molar-refractivity contribution in [2.24, 2.45) is 0 Å². The lowest BCUT2D eigenvalue weighted by molar-refractivity contribution is 0.0431. The second-order valence-corrected chi connectivity index (χ2v) is 5.47. The number of carbonyl (C=O) groups excluding carboxylic acids is 1. The van der Waals surface area contributed by atoms with E-state index in [0.29, 0.717) is 16.5 Å². The Hall–Kier alpha value is -1.85. The van der Waals surface area contributed by atoms with Crippen molar-refractivity contribution in [1.29, 1.82) is 0 Å². The SMILES string of the molecule is O=C(OCCO)c1cn(C2CC2)c2ccc(Cl)cc2c1=O. The normalized spacial score (nSPS) is 14.4. The van der Waals surface area contributed by atoms with Crippen LogP contribution in [0.15, 0.2) is 29.2 Å². The fourth-order valence-corrected chi connectivity index (χ4v) is 2.52. The van der Waals surface area contributed by atoms with E-state index in [1.807, 2.05) is 4.57 Å². The van der Waals surface area contributed by atoms with Gasteiger partial charge >= 0.3 is 5.97 Å². The summed E-state index contributed by atoms with van der Waals surface area (Å²) in [7, 11) is 0. The van der Waals surface area contributed by atoms with Gasteiger partial charge in [-0.1, -0.05) is 11.6 Å². The van der Waals surface area contributed by atoms with Crippen LogP contribution in [-0.2, 0) is 4.74 Å². The minimum atomic E-state index is -0.717. The number of halogens is 1. The molecule has 0 amide bonds. The van der Waals surface area contributed by atoms with Gasteiger partial charge in [-0.2, -0.15) is 0 Å².